The molecule has 30 heavy (non-hydrogen) atoms. The Hall–Kier alpha value is 1.95. The molecule has 1 unspecified atom stereocenters. The predicted molar refractivity (Wildman–Crippen MR) is 111 cm³/mol. The number of aliphatic carboxylic acids is 2. The largest absolute Gasteiger partial charge is 1.00 e. The first-order valence-corrected chi connectivity index (χ1v) is 11.6. The minimum atomic E-state index is -1.32. The minimum absolute atomic E-state index is 0. The molecule has 4 nitrogen and oxygen atoms in total. The summed E-state index contributed by atoms with van der Waals surface area (Å²) in [5.41, 5.74) is 0. The molecule has 0 aromatic heterocycles. The summed E-state index contributed by atoms with van der Waals surface area (Å²) in [6.45, 7) is 2.26. The average molecular weight is 473 g/mol. The van der Waals surface area contributed by atoms with Crippen molar-refractivity contribution in [1.82, 2.24) is 0 Å². The first kappa shape index (κ1) is 36.5. The van der Waals surface area contributed by atoms with E-state index in [0.717, 1.165) is 32.1 Å². The van der Waals surface area contributed by atoms with Gasteiger partial charge in [0.1, 0.15) is 0 Å². The van der Waals surface area contributed by atoms with Crippen molar-refractivity contribution >= 4 is 11.9 Å². The zero-order valence-corrected chi connectivity index (χ0v) is 26.3. The van der Waals surface area contributed by atoms with Gasteiger partial charge in [-0.3, -0.25) is 0 Å². The third-order valence-electron chi connectivity index (χ3n) is 5.31. The molecule has 0 aromatic rings. The number of carboxylic acids is 2. The SMILES string of the molecule is CCCCCCCCCCCC/C=C/CCCCCCC(CC(=O)[O-])C(=O)[O-].[K+].[K+]. The third-order valence-corrected chi connectivity index (χ3v) is 5.31. The summed E-state index contributed by atoms with van der Waals surface area (Å²) in [6, 6.07) is 0. The number of carbonyl (C=O) groups excluding carboxylic acids is 2. The van der Waals surface area contributed by atoms with Crippen LogP contribution in [-0.4, -0.2) is 11.9 Å². The van der Waals surface area contributed by atoms with E-state index in [4.69, 9.17) is 0 Å². The molecule has 0 saturated carbocycles. The summed E-state index contributed by atoms with van der Waals surface area (Å²) in [6.07, 6.45) is 24.2. The zero-order valence-electron chi connectivity index (χ0n) is 20.1. The van der Waals surface area contributed by atoms with E-state index in [-0.39, 0.29) is 103 Å². The monoisotopic (exact) mass is 472 g/mol. The number of carboxylic acid groups (broad SMARTS) is 2. The second-order valence-electron chi connectivity index (χ2n) is 8.03. The molecule has 0 aliphatic heterocycles. The van der Waals surface area contributed by atoms with Crippen LogP contribution in [0.4, 0.5) is 0 Å². The Labute approximate surface area is 270 Å². The molecule has 0 amide bonds. The van der Waals surface area contributed by atoms with Gasteiger partial charge in [0, 0.05) is 17.9 Å². The second-order valence-corrected chi connectivity index (χ2v) is 8.03. The van der Waals surface area contributed by atoms with Crippen LogP contribution < -0.4 is 113 Å². The van der Waals surface area contributed by atoms with Crippen molar-refractivity contribution < 1.29 is 123 Å². The van der Waals surface area contributed by atoms with E-state index >= 15 is 0 Å². The molecule has 6 heteroatoms. The number of hydrogen-bond acceptors (Lipinski definition) is 4. The van der Waals surface area contributed by atoms with Crippen molar-refractivity contribution in [2.24, 2.45) is 5.92 Å². The second kappa shape index (κ2) is 29.0. The van der Waals surface area contributed by atoms with Gasteiger partial charge in [-0.15, -0.1) is 0 Å². The summed E-state index contributed by atoms with van der Waals surface area (Å²) in [5, 5.41) is 21.3. The molecule has 0 radical (unpaired) electrons. The van der Waals surface area contributed by atoms with E-state index in [0.29, 0.717) is 6.42 Å². The Morgan fingerprint density at radius 2 is 1.07 bits per heavy atom. The first-order valence-electron chi connectivity index (χ1n) is 11.6. The molecule has 0 heterocycles. The Kier molecular flexibility index (Phi) is 35.3. The van der Waals surface area contributed by atoms with Gasteiger partial charge in [0.15, 0.2) is 0 Å². The maximum Gasteiger partial charge on any atom is 1.00 e. The fourth-order valence-electron chi connectivity index (χ4n) is 3.50. The molecular formula is C24H42K2O4. The van der Waals surface area contributed by atoms with Crippen molar-refractivity contribution in [2.45, 2.75) is 122 Å². The van der Waals surface area contributed by atoms with Crippen molar-refractivity contribution in [1.29, 1.82) is 0 Å². The zero-order chi connectivity index (χ0) is 20.9. The van der Waals surface area contributed by atoms with Crippen molar-refractivity contribution in [3.63, 3.8) is 0 Å². The summed E-state index contributed by atoms with van der Waals surface area (Å²) < 4.78 is 0. The van der Waals surface area contributed by atoms with Crippen LogP contribution in [0.5, 0.6) is 0 Å². The van der Waals surface area contributed by atoms with Crippen LogP contribution in [0.3, 0.4) is 0 Å². The molecule has 1 atom stereocenters. The Morgan fingerprint density at radius 3 is 1.47 bits per heavy atom. The predicted octanol–water partition coefficient (Wildman–Crippen LogP) is -1.29. The van der Waals surface area contributed by atoms with Gasteiger partial charge in [-0.25, -0.2) is 0 Å². The van der Waals surface area contributed by atoms with E-state index in [9.17, 15) is 19.8 Å². The molecule has 164 valence electrons. The number of unbranched alkanes of at least 4 members (excludes halogenated alkanes) is 14. The molecule has 0 aliphatic rings. The molecule has 0 aliphatic carbocycles. The van der Waals surface area contributed by atoms with Crippen LogP contribution in [0.1, 0.15) is 122 Å². The summed E-state index contributed by atoms with van der Waals surface area (Å²) in [4.78, 5) is 21.3. The molecule has 0 rings (SSSR count). The van der Waals surface area contributed by atoms with Gasteiger partial charge < -0.3 is 19.8 Å². The first-order chi connectivity index (χ1) is 13.6. The molecule has 0 spiro atoms. The molecule has 0 saturated heterocycles. The van der Waals surface area contributed by atoms with Gasteiger partial charge in [0.25, 0.3) is 0 Å². The smallest absolute Gasteiger partial charge is 0.550 e. The van der Waals surface area contributed by atoms with Gasteiger partial charge in [-0.05, 0) is 38.5 Å². The maximum absolute atomic E-state index is 10.8. The van der Waals surface area contributed by atoms with Crippen molar-refractivity contribution in [3.8, 4) is 0 Å². The minimum Gasteiger partial charge on any atom is -0.550 e. The fraction of sp³-hybridized carbons (Fsp3) is 0.833. The molecule has 0 N–H and O–H groups in total. The number of carbonyl (C=O) groups is 2. The van der Waals surface area contributed by atoms with E-state index in [1.807, 2.05) is 0 Å². The van der Waals surface area contributed by atoms with Crippen LogP contribution in [0.2, 0.25) is 0 Å². The average Bonchev–Trinajstić information content (AvgIpc) is 2.65. The Balaban J connectivity index is -0.00000364. The standard InChI is InChI=1S/C24H44O4.2K/c1-2-3-4-5-6-7-8-9-10-11-12-13-14-15-16-17-18-19-20-22(24(27)28)21-23(25)26;;/h13-14,22H,2-12,15-21H2,1H3,(H,25,26)(H,27,28);;/q;2*+1/p-2/b14-13+;;. The van der Waals surface area contributed by atoms with Crippen LogP contribution in [-0.2, 0) is 9.59 Å². The number of allylic oxidation sites excluding steroid dienone is 2. The number of hydrogen-bond donors (Lipinski definition) is 0. The quantitative estimate of drug-likeness (QED) is 0.118. The molecule has 0 fully saturated rings. The van der Waals surface area contributed by atoms with Crippen LogP contribution in [0, 0.1) is 5.92 Å². The van der Waals surface area contributed by atoms with Crippen LogP contribution in [0.15, 0.2) is 12.2 Å². The number of rotatable bonds is 21. The fourth-order valence-corrected chi connectivity index (χ4v) is 3.50. The molecule has 0 aromatic carbocycles. The van der Waals surface area contributed by atoms with E-state index in [1.54, 1.807) is 0 Å². The van der Waals surface area contributed by atoms with Crippen LogP contribution >= 0.6 is 0 Å². The van der Waals surface area contributed by atoms with Crippen LogP contribution in [0.25, 0.3) is 0 Å². The topological polar surface area (TPSA) is 80.3 Å². The summed E-state index contributed by atoms with van der Waals surface area (Å²) in [5.74, 6) is -3.51. The van der Waals surface area contributed by atoms with Gasteiger partial charge in [0.2, 0.25) is 0 Å². The van der Waals surface area contributed by atoms with Crippen molar-refractivity contribution in [2.75, 3.05) is 0 Å². The van der Waals surface area contributed by atoms with E-state index in [2.05, 4.69) is 19.1 Å². The van der Waals surface area contributed by atoms with E-state index < -0.39 is 24.3 Å². The summed E-state index contributed by atoms with van der Waals surface area (Å²) in [7, 11) is 0. The third kappa shape index (κ3) is 28.0. The molecular weight excluding hydrogens is 430 g/mol. The van der Waals surface area contributed by atoms with Gasteiger partial charge in [-0.1, -0.05) is 96.1 Å². The normalized spacial score (nSPS) is 11.6. The summed E-state index contributed by atoms with van der Waals surface area (Å²) >= 11 is 0. The molecule has 0 bridgehead atoms. The van der Waals surface area contributed by atoms with Gasteiger partial charge in [0.05, 0.1) is 0 Å². The Morgan fingerprint density at radius 1 is 0.667 bits per heavy atom. The Bertz CT molecular complexity index is 414. The van der Waals surface area contributed by atoms with E-state index in [1.165, 1.54) is 70.6 Å². The van der Waals surface area contributed by atoms with Crippen molar-refractivity contribution in [3.05, 3.63) is 12.2 Å². The van der Waals surface area contributed by atoms with Gasteiger partial charge >= 0.3 is 103 Å². The van der Waals surface area contributed by atoms with Gasteiger partial charge in [-0.2, -0.15) is 0 Å². The maximum atomic E-state index is 10.8.